The number of thiocarbonyl (C=S) groups is 1. The first-order chi connectivity index (χ1) is 11.0. The molecule has 1 aliphatic heterocycles. The van der Waals surface area contributed by atoms with Gasteiger partial charge >= 0.3 is 0 Å². The lowest BCUT2D eigenvalue weighted by Gasteiger charge is -2.14. The van der Waals surface area contributed by atoms with Crippen LogP contribution < -0.4 is 5.32 Å². The number of ketones is 1. The third-order valence-corrected chi connectivity index (χ3v) is 4.93. The van der Waals surface area contributed by atoms with Crippen LogP contribution >= 0.6 is 35.6 Å². The molecule has 0 aliphatic carbocycles. The summed E-state index contributed by atoms with van der Waals surface area (Å²) in [6.07, 6.45) is 0.235. The summed E-state index contributed by atoms with van der Waals surface area (Å²) >= 11 is 12.1. The highest BCUT2D eigenvalue weighted by molar-refractivity contribution is 8.23. The van der Waals surface area contributed by atoms with Gasteiger partial charge in [0, 0.05) is 36.5 Å². The number of rotatable bonds is 7. The molecule has 0 bridgehead atoms. The van der Waals surface area contributed by atoms with Crippen molar-refractivity contribution in [2.24, 2.45) is 0 Å². The summed E-state index contributed by atoms with van der Waals surface area (Å²) in [5.41, 5.74) is 0.534. The number of carbonyl (C=O) groups is 3. The molecule has 122 valence electrons. The Kier molecular flexibility index (Phi) is 6.56. The molecule has 8 heteroatoms. The molecule has 0 radical (unpaired) electrons. The van der Waals surface area contributed by atoms with Crippen LogP contribution in [0.4, 0.5) is 0 Å². The van der Waals surface area contributed by atoms with E-state index in [-0.39, 0.29) is 30.4 Å². The number of thioether (sulfide) groups is 1. The van der Waals surface area contributed by atoms with Gasteiger partial charge in [-0.05, 0) is 24.3 Å². The normalized spacial score (nSPS) is 14.2. The van der Waals surface area contributed by atoms with E-state index in [9.17, 15) is 14.4 Å². The van der Waals surface area contributed by atoms with Gasteiger partial charge in [-0.25, -0.2) is 0 Å². The Morgan fingerprint density at radius 2 is 1.96 bits per heavy atom. The molecule has 1 N–H and O–H groups in total. The van der Waals surface area contributed by atoms with E-state index >= 15 is 0 Å². The lowest BCUT2D eigenvalue weighted by molar-refractivity contribution is -0.125. The first kappa shape index (κ1) is 17.9. The molecule has 1 aromatic carbocycles. The van der Waals surface area contributed by atoms with Gasteiger partial charge in [-0.2, -0.15) is 0 Å². The number of nitrogens with one attached hydrogen (secondary N) is 1. The fraction of sp³-hybridized carbons (Fsp3) is 0.333. The van der Waals surface area contributed by atoms with Crippen LogP contribution in [-0.2, 0) is 9.59 Å². The van der Waals surface area contributed by atoms with Gasteiger partial charge in [-0.1, -0.05) is 35.6 Å². The lowest BCUT2D eigenvalue weighted by atomic mass is 10.1. The molecule has 1 fully saturated rings. The zero-order valence-electron chi connectivity index (χ0n) is 12.2. The molecule has 0 aromatic heterocycles. The Morgan fingerprint density at radius 1 is 1.26 bits per heavy atom. The van der Waals surface area contributed by atoms with E-state index in [0.717, 1.165) is 0 Å². The molecule has 0 spiro atoms. The summed E-state index contributed by atoms with van der Waals surface area (Å²) in [6, 6.07) is 6.56. The molecule has 5 nitrogen and oxygen atoms in total. The molecule has 1 heterocycles. The van der Waals surface area contributed by atoms with Gasteiger partial charge in [0.1, 0.15) is 4.32 Å². The van der Waals surface area contributed by atoms with Crippen molar-refractivity contribution in [1.82, 2.24) is 10.2 Å². The molecular formula is C15H15ClN2O3S2. The van der Waals surface area contributed by atoms with Crippen molar-refractivity contribution in [2.45, 2.75) is 12.8 Å². The average molecular weight is 371 g/mol. The minimum absolute atomic E-state index is 0.0350. The standard InChI is InChI=1S/C15H15ClN2O3S2/c16-11-3-1-10(2-4-11)12(19)5-6-13(20)17-7-8-18-14(21)9-23-15(18)22/h1-4H,5-9H2,(H,17,20). The first-order valence-corrected chi connectivity index (χ1v) is 8.77. The van der Waals surface area contributed by atoms with Crippen molar-refractivity contribution >= 4 is 57.5 Å². The summed E-state index contributed by atoms with van der Waals surface area (Å²) in [5, 5.41) is 3.25. The van der Waals surface area contributed by atoms with Crippen LogP contribution in [0.15, 0.2) is 24.3 Å². The van der Waals surface area contributed by atoms with Crippen molar-refractivity contribution in [1.29, 1.82) is 0 Å². The molecule has 0 atom stereocenters. The Morgan fingerprint density at radius 3 is 2.57 bits per heavy atom. The van der Waals surface area contributed by atoms with Crippen molar-refractivity contribution < 1.29 is 14.4 Å². The van der Waals surface area contributed by atoms with E-state index in [4.69, 9.17) is 23.8 Å². The Hall–Kier alpha value is -1.44. The number of halogens is 1. The number of carbonyl (C=O) groups excluding carboxylic acids is 3. The minimum atomic E-state index is -0.225. The number of benzene rings is 1. The van der Waals surface area contributed by atoms with E-state index in [1.807, 2.05) is 0 Å². The van der Waals surface area contributed by atoms with Crippen LogP contribution in [0, 0.1) is 0 Å². The maximum Gasteiger partial charge on any atom is 0.238 e. The van der Waals surface area contributed by atoms with E-state index in [1.54, 1.807) is 24.3 Å². The second-order valence-corrected chi connectivity index (χ2v) is 6.93. The zero-order valence-corrected chi connectivity index (χ0v) is 14.6. The first-order valence-electron chi connectivity index (χ1n) is 7.00. The zero-order chi connectivity index (χ0) is 16.8. The number of hydrogen-bond donors (Lipinski definition) is 1. The summed E-state index contributed by atoms with van der Waals surface area (Å²) in [6.45, 7) is 0.682. The summed E-state index contributed by atoms with van der Waals surface area (Å²) in [7, 11) is 0. The summed E-state index contributed by atoms with van der Waals surface area (Å²) in [4.78, 5) is 36.7. The maximum atomic E-state index is 11.9. The van der Waals surface area contributed by atoms with E-state index in [1.165, 1.54) is 16.7 Å². The molecule has 1 aliphatic rings. The fourth-order valence-corrected chi connectivity index (χ4v) is 3.25. The van der Waals surface area contributed by atoms with E-state index < -0.39 is 0 Å². The average Bonchev–Trinajstić information content (AvgIpc) is 2.85. The number of hydrogen-bond acceptors (Lipinski definition) is 5. The van der Waals surface area contributed by atoms with Gasteiger partial charge in [0.05, 0.1) is 5.75 Å². The highest BCUT2D eigenvalue weighted by Gasteiger charge is 2.25. The van der Waals surface area contributed by atoms with Crippen LogP contribution in [0.1, 0.15) is 23.2 Å². The van der Waals surface area contributed by atoms with Crippen LogP contribution in [0.2, 0.25) is 5.02 Å². The molecule has 23 heavy (non-hydrogen) atoms. The minimum Gasteiger partial charge on any atom is -0.354 e. The highest BCUT2D eigenvalue weighted by Crippen LogP contribution is 2.18. The molecule has 1 aromatic rings. The van der Waals surface area contributed by atoms with E-state index in [0.29, 0.717) is 33.7 Å². The SMILES string of the molecule is O=C(CCC(=O)c1ccc(Cl)cc1)NCCN1C(=O)CSC1=S. The number of nitrogens with zero attached hydrogens (tertiary/aromatic N) is 1. The molecule has 2 rings (SSSR count). The quantitative estimate of drug-likeness (QED) is 0.589. The largest absolute Gasteiger partial charge is 0.354 e. The predicted octanol–water partition coefficient (Wildman–Crippen LogP) is 2.28. The van der Waals surface area contributed by atoms with Gasteiger partial charge in [-0.15, -0.1) is 0 Å². The smallest absolute Gasteiger partial charge is 0.238 e. The van der Waals surface area contributed by atoms with Gasteiger partial charge in [0.2, 0.25) is 11.8 Å². The molecule has 2 amide bonds. The Labute approximate surface area is 148 Å². The van der Waals surface area contributed by atoms with E-state index in [2.05, 4.69) is 5.32 Å². The van der Waals surface area contributed by atoms with Crippen molar-refractivity contribution in [3.05, 3.63) is 34.9 Å². The van der Waals surface area contributed by atoms with Crippen LogP contribution in [0.3, 0.4) is 0 Å². The van der Waals surface area contributed by atoms with Crippen LogP contribution in [0.25, 0.3) is 0 Å². The molecule has 0 unspecified atom stereocenters. The van der Waals surface area contributed by atoms with Crippen LogP contribution in [0.5, 0.6) is 0 Å². The number of Topliss-reactive ketones (excluding diaryl/α,β-unsaturated/α-hetero) is 1. The maximum absolute atomic E-state index is 11.9. The molecule has 0 saturated carbocycles. The second kappa shape index (κ2) is 8.42. The van der Waals surface area contributed by atoms with Gasteiger partial charge in [0.25, 0.3) is 0 Å². The molecule has 1 saturated heterocycles. The molecular weight excluding hydrogens is 356 g/mol. The topological polar surface area (TPSA) is 66.5 Å². The van der Waals surface area contributed by atoms with Crippen molar-refractivity contribution in [3.63, 3.8) is 0 Å². The second-order valence-electron chi connectivity index (χ2n) is 4.88. The Bertz CT molecular complexity index is 618. The monoisotopic (exact) mass is 370 g/mol. The fourth-order valence-electron chi connectivity index (χ4n) is 2.00. The third kappa shape index (κ3) is 5.30. The predicted molar refractivity (Wildman–Crippen MR) is 94.8 cm³/mol. The summed E-state index contributed by atoms with van der Waals surface area (Å²) in [5.74, 6) is -0.00338. The van der Waals surface area contributed by atoms with Gasteiger partial charge in [-0.3, -0.25) is 19.3 Å². The van der Waals surface area contributed by atoms with Crippen molar-refractivity contribution in [2.75, 3.05) is 18.8 Å². The number of amides is 2. The summed E-state index contributed by atoms with van der Waals surface area (Å²) < 4.78 is 0.544. The van der Waals surface area contributed by atoms with Gasteiger partial charge < -0.3 is 5.32 Å². The lowest BCUT2D eigenvalue weighted by Crippen LogP contribution is -2.37. The third-order valence-electron chi connectivity index (χ3n) is 3.24. The highest BCUT2D eigenvalue weighted by atomic mass is 35.5. The van der Waals surface area contributed by atoms with Crippen LogP contribution in [-0.4, -0.2) is 45.7 Å². The van der Waals surface area contributed by atoms with Crippen molar-refractivity contribution in [3.8, 4) is 0 Å². The Balaban J connectivity index is 1.69. The van der Waals surface area contributed by atoms with Gasteiger partial charge in [0.15, 0.2) is 5.78 Å².